The lowest BCUT2D eigenvalue weighted by atomic mass is 10.0. The molecule has 1 amide bonds. The topological polar surface area (TPSA) is 147 Å². The summed E-state index contributed by atoms with van der Waals surface area (Å²) in [5.41, 5.74) is 2.87. The third kappa shape index (κ3) is 8.84. The van der Waals surface area contributed by atoms with Gasteiger partial charge in [0.05, 0.1) is 25.4 Å². The Hall–Kier alpha value is -4.81. The maximum atomic E-state index is 14.7. The highest BCUT2D eigenvalue weighted by molar-refractivity contribution is 5.95. The van der Waals surface area contributed by atoms with Crippen LogP contribution >= 0.6 is 0 Å². The lowest BCUT2D eigenvalue weighted by Crippen LogP contribution is -2.43. The van der Waals surface area contributed by atoms with E-state index in [1.165, 1.54) is 19.1 Å². The molecule has 2 atom stereocenters. The molecule has 0 aliphatic carbocycles. The summed E-state index contributed by atoms with van der Waals surface area (Å²) in [6, 6.07) is 21.3. The van der Waals surface area contributed by atoms with Crippen molar-refractivity contribution < 1.29 is 33.1 Å². The number of ether oxygens (including phenoxy) is 2. The second-order valence-electron chi connectivity index (χ2n) is 9.95. The smallest absolute Gasteiger partial charge is 0.439 e. The molecule has 3 aromatic carbocycles. The van der Waals surface area contributed by atoms with Crippen LogP contribution in [0.3, 0.4) is 0 Å². The Morgan fingerprint density at radius 3 is 2.49 bits per heavy atom. The number of rotatable bonds is 14. The number of H-pyrrole nitrogens is 1. The molecule has 0 saturated carbocycles. The van der Waals surface area contributed by atoms with Crippen molar-refractivity contribution >= 4 is 23.3 Å². The zero-order valence-corrected chi connectivity index (χ0v) is 23.8. The molecule has 0 fully saturated rings. The standard InChI is InChI=1S/C31H33FN4O7/c1-20(17-36(13-14-37)25-10-6-9-23(15-25)19-41-18-22-7-4-3-5-8-22)28(42-21(2)38)30(39)33-24-11-12-26(27(32)16-24)29-34-31(40)43-35-29/h3-12,15-16,20,28,37H,13-14,17-19H2,1-2H3,(H,33,39)(H,34,35,40)/t20-,28+/m0/s1. The van der Waals surface area contributed by atoms with Gasteiger partial charge in [0, 0.05) is 37.3 Å². The lowest BCUT2D eigenvalue weighted by molar-refractivity contribution is -0.154. The molecule has 226 valence electrons. The van der Waals surface area contributed by atoms with Gasteiger partial charge >= 0.3 is 11.7 Å². The van der Waals surface area contributed by atoms with Crippen LogP contribution < -0.4 is 16.0 Å². The Morgan fingerprint density at radius 1 is 1.07 bits per heavy atom. The molecule has 0 radical (unpaired) electrons. The number of benzene rings is 3. The Morgan fingerprint density at radius 2 is 1.81 bits per heavy atom. The number of amides is 1. The van der Waals surface area contributed by atoms with Gasteiger partial charge in [-0.25, -0.2) is 9.18 Å². The van der Waals surface area contributed by atoms with E-state index in [9.17, 15) is 23.9 Å². The number of hydrogen-bond donors (Lipinski definition) is 3. The third-order valence-electron chi connectivity index (χ3n) is 6.53. The van der Waals surface area contributed by atoms with E-state index in [-0.39, 0.29) is 36.8 Å². The van der Waals surface area contributed by atoms with Crippen LogP contribution in [0.2, 0.25) is 0 Å². The van der Waals surface area contributed by atoms with Crippen molar-refractivity contribution in [3.05, 3.63) is 100 Å². The van der Waals surface area contributed by atoms with Crippen LogP contribution in [0.15, 0.2) is 82.1 Å². The zero-order chi connectivity index (χ0) is 30.8. The molecule has 4 rings (SSSR count). The lowest BCUT2D eigenvalue weighted by Gasteiger charge is -2.31. The van der Waals surface area contributed by atoms with Crippen molar-refractivity contribution in [2.24, 2.45) is 5.92 Å². The van der Waals surface area contributed by atoms with Gasteiger partial charge in [-0.15, -0.1) is 0 Å². The molecule has 0 aliphatic rings. The Labute approximate surface area is 247 Å². The van der Waals surface area contributed by atoms with E-state index in [0.29, 0.717) is 13.2 Å². The van der Waals surface area contributed by atoms with Crippen molar-refractivity contribution in [1.29, 1.82) is 0 Å². The maximum absolute atomic E-state index is 14.7. The first-order valence-corrected chi connectivity index (χ1v) is 13.6. The molecular formula is C31H33FN4O7. The van der Waals surface area contributed by atoms with E-state index in [2.05, 4.69) is 20.0 Å². The molecule has 0 bridgehead atoms. The predicted octanol–water partition coefficient (Wildman–Crippen LogP) is 3.89. The molecule has 0 unspecified atom stereocenters. The fraction of sp³-hybridized carbons (Fsp3) is 0.290. The normalized spacial score (nSPS) is 12.4. The number of halogens is 1. The van der Waals surface area contributed by atoms with Crippen molar-refractivity contribution in [2.45, 2.75) is 33.2 Å². The molecule has 0 aliphatic heterocycles. The molecule has 0 saturated heterocycles. The minimum Gasteiger partial charge on any atom is -0.452 e. The molecule has 1 aromatic heterocycles. The van der Waals surface area contributed by atoms with Gasteiger partial charge in [-0.1, -0.05) is 54.5 Å². The highest BCUT2D eigenvalue weighted by Crippen LogP contribution is 2.24. The quantitative estimate of drug-likeness (QED) is 0.186. The van der Waals surface area contributed by atoms with Gasteiger partial charge in [0.25, 0.3) is 5.91 Å². The van der Waals surface area contributed by atoms with E-state index < -0.39 is 35.5 Å². The van der Waals surface area contributed by atoms with Crippen molar-refractivity contribution in [1.82, 2.24) is 10.1 Å². The van der Waals surface area contributed by atoms with Crippen LogP contribution in [0.5, 0.6) is 0 Å². The fourth-order valence-electron chi connectivity index (χ4n) is 4.54. The van der Waals surface area contributed by atoms with Crippen LogP contribution in [0.1, 0.15) is 25.0 Å². The molecule has 3 N–H and O–H groups in total. The summed E-state index contributed by atoms with van der Waals surface area (Å²) in [6.07, 6.45) is -1.22. The Kier molecular flexibility index (Phi) is 10.8. The summed E-state index contributed by atoms with van der Waals surface area (Å²) < 4.78 is 30.4. The number of esters is 1. The molecule has 12 heteroatoms. The van der Waals surface area contributed by atoms with Gasteiger partial charge in [-0.05, 0) is 41.5 Å². The Bertz CT molecular complexity index is 1570. The number of aliphatic hydroxyl groups excluding tert-OH is 1. The van der Waals surface area contributed by atoms with Gasteiger partial charge < -0.3 is 24.8 Å². The minimum atomic E-state index is -1.22. The zero-order valence-electron chi connectivity index (χ0n) is 23.8. The first-order chi connectivity index (χ1) is 20.7. The molecule has 11 nitrogen and oxygen atoms in total. The van der Waals surface area contributed by atoms with Crippen LogP contribution in [0.25, 0.3) is 11.4 Å². The van der Waals surface area contributed by atoms with Gasteiger partial charge in [0.1, 0.15) is 5.82 Å². The van der Waals surface area contributed by atoms with E-state index in [1.807, 2.05) is 59.5 Å². The second-order valence-corrected chi connectivity index (χ2v) is 9.95. The first-order valence-electron chi connectivity index (χ1n) is 13.6. The average Bonchev–Trinajstić information content (AvgIpc) is 3.42. The molecular weight excluding hydrogens is 559 g/mol. The number of carbonyl (C=O) groups is 2. The number of hydrogen-bond acceptors (Lipinski definition) is 9. The summed E-state index contributed by atoms with van der Waals surface area (Å²) in [5, 5.41) is 15.8. The monoisotopic (exact) mass is 592 g/mol. The minimum absolute atomic E-state index is 0.0268. The molecule has 43 heavy (non-hydrogen) atoms. The highest BCUT2D eigenvalue weighted by Gasteiger charge is 2.30. The summed E-state index contributed by atoms with van der Waals surface area (Å²) in [4.78, 5) is 40.5. The maximum Gasteiger partial charge on any atom is 0.439 e. The summed E-state index contributed by atoms with van der Waals surface area (Å²) in [5.74, 6) is -3.53. The summed E-state index contributed by atoms with van der Waals surface area (Å²) >= 11 is 0. The van der Waals surface area contributed by atoms with E-state index >= 15 is 0 Å². The third-order valence-corrected chi connectivity index (χ3v) is 6.53. The van der Waals surface area contributed by atoms with Crippen molar-refractivity contribution in [2.75, 3.05) is 29.9 Å². The number of anilines is 2. The Balaban J connectivity index is 1.44. The van der Waals surface area contributed by atoms with Crippen molar-refractivity contribution in [3.63, 3.8) is 0 Å². The molecule has 4 aromatic rings. The number of aromatic amines is 1. The summed E-state index contributed by atoms with van der Waals surface area (Å²) in [7, 11) is 0. The van der Waals surface area contributed by atoms with Crippen molar-refractivity contribution in [3.8, 4) is 11.4 Å². The van der Waals surface area contributed by atoms with Gasteiger partial charge in [0.2, 0.25) is 0 Å². The largest absolute Gasteiger partial charge is 0.452 e. The highest BCUT2D eigenvalue weighted by atomic mass is 19.1. The van der Waals surface area contributed by atoms with E-state index in [0.717, 1.165) is 22.9 Å². The van der Waals surface area contributed by atoms with Crippen LogP contribution in [0, 0.1) is 11.7 Å². The van der Waals surface area contributed by atoms with Gasteiger partial charge in [-0.2, -0.15) is 0 Å². The molecule has 1 heterocycles. The van der Waals surface area contributed by atoms with E-state index in [4.69, 9.17) is 9.47 Å². The number of nitrogens with one attached hydrogen (secondary N) is 2. The SMILES string of the molecule is CC(=O)O[C@@H](C(=O)Nc1ccc(-c2noc(=O)[nH]2)c(F)c1)[C@@H](C)CN(CCO)c1cccc(COCc2ccccc2)c1. The predicted molar refractivity (Wildman–Crippen MR) is 157 cm³/mol. The van der Waals surface area contributed by atoms with E-state index in [1.54, 1.807) is 6.92 Å². The van der Waals surface area contributed by atoms with Crippen LogP contribution in [0.4, 0.5) is 15.8 Å². The number of aromatic nitrogens is 2. The average molecular weight is 593 g/mol. The van der Waals surface area contributed by atoms with Gasteiger partial charge in [-0.3, -0.25) is 19.1 Å². The summed E-state index contributed by atoms with van der Waals surface area (Å²) in [6.45, 7) is 4.17. The molecule has 0 spiro atoms. The van der Waals surface area contributed by atoms with Crippen LogP contribution in [-0.4, -0.2) is 52.9 Å². The first kappa shape index (κ1) is 31.1. The number of aliphatic hydroxyl groups is 1. The van der Waals surface area contributed by atoms with Gasteiger partial charge in [0.15, 0.2) is 11.9 Å². The van der Waals surface area contributed by atoms with Crippen LogP contribution in [-0.2, 0) is 32.3 Å². The number of carbonyl (C=O) groups excluding carboxylic acids is 2. The number of nitrogens with zero attached hydrogens (tertiary/aromatic N) is 2. The second kappa shape index (κ2) is 14.9. The fourth-order valence-corrected chi connectivity index (χ4v) is 4.54.